The molecule has 0 spiro atoms. The summed E-state index contributed by atoms with van der Waals surface area (Å²) in [5, 5.41) is 4.34. The first-order valence-electron chi connectivity index (χ1n) is 6.28. The van der Waals surface area contributed by atoms with E-state index in [0.717, 1.165) is 24.2 Å². The Bertz CT molecular complexity index is 371. The van der Waals surface area contributed by atoms with E-state index in [0.29, 0.717) is 13.0 Å². The number of aromatic nitrogens is 2. The molecule has 1 aromatic heterocycles. The molecular weight excluding hydrogens is 216 g/mol. The molecule has 0 saturated heterocycles. The molecule has 0 N–H and O–H groups in total. The molecule has 0 aromatic carbocycles. The van der Waals surface area contributed by atoms with Crippen LogP contribution < -0.4 is 0 Å². The topological polar surface area (TPSA) is 44.1 Å². The molecule has 4 heteroatoms. The lowest BCUT2D eigenvalue weighted by molar-refractivity contribution is -0.129. The summed E-state index contributed by atoms with van der Waals surface area (Å²) in [5.41, 5.74) is 1.99. The van der Waals surface area contributed by atoms with E-state index < -0.39 is 0 Å². The van der Waals surface area contributed by atoms with Crippen LogP contribution in [0.4, 0.5) is 0 Å². The molecular formula is C13H22N2O2. The standard InChI is InChI=1S/C13H22N2O2/c1-5-10-8-11(15(4)14-10)9-12(16)13(6-2)17-7-3/h8,13H,5-7,9H2,1-4H3. The predicted molar refractivity (Wildman–Crippen MR) is 67.0 cm³/mol. The highest BCUT2D eigenvalue weighted by atomic mass is 16.5. The first-order chi connectivity index (χ1) is 8.12. The highest BCUT2D eigenvalue weighted by molar-refractivity contribution is 5.84. The third-order valence-electron chi connectivity index (χ3n) is 2.84. The molecule has 0 saturated carbocycles. The summed E-state index contributed by atoms with van der Waals surface area (Å²) in [6, 6.07) is 2.00. The minimum absolute atomic E-state index is 0.139. The quantitative estimate of drug-likeness (QED) is 0.729. The van der Waals surface area contributed by atoms with Crippen LogP contribution in [0.15, 0.2) is 6.07 Å². The van der Waals surface area contributed by atoms with Crippen LogP contribution in [0.2, 0.25) is 0 Å². The average molecular weight is 238 g/mol. The number of hydrogen-bond acceptors (Lipinski definition) is 3. The van der Waals surface area contributed by atoms with E-state index >= 15 is 0 Å². The molecule has 1 aromatic rings. The molecule has 0 aliphatic heterocycles. The van der Waals surface area contributed by atoms with Crippen molar-refractivity contribution in [1.82, 2.24) is 9.78 Å². The number of rotatable bonds is 7. The van der Waals surface area contributed by atoms with Gasteiger partial charge in [0.2, 0.25) is 0 Å². The second kappa shape index (κ2) is 6.55. The second-order valence-corrected chi connectivity index (χ2v) is 4.10. The minimum atomic E-state index is -0.278. The van der Waals surface area contributed by atoms with Gasteiger partial charge in [0.25, 0.3) is 0 Å². The molecule has 1 unspecified atom stereocenters. The van der Waals surface area contributed by atoms with Crippen LogP contribution in [0, 0.1) is 0 Å². The number of carbonyl (C=O) groups is 1. The first kappa shape index (κ1) is 13.9. The third-order valence-corrected chi connectivity index (χ3v) is 2.84. The van der Waals surface area contributed by atoms with Gasteiger partial charge in [0.1, 0.15) is 6.10 Å². The molecule has 0 fully saturated rings. The van der Waals surface area contributed by atoms with Crippen LogP contribution in [-0.2, 0) is 29.4 Å². The largest absolute Gasteiger partial charge is 0.371 e. The summed E-state index contributed by atoms with van der Waals surface area (Å²) < 4.78 is 7.21. The molecule has 96 valence electrons. The number of Topliss-reactive ketones (excluding diaryl/α,β-unsaturated/α-hetero) is 1. The summed E-state index contributed by atoms with van der Waals surface area (Å²) in [6.07, 6.45) is 1.75. The predicted octanol–water partition coefficient (Wildman–Crippen LogP) is 1.91. The lowest BCUT2D eigenvalue weighted by Gasteiger charge is -2.13. The zero-order chi connectivity index (χ0) is 12.8. The molecule has 1 rings (SSSR count). The Labute approximate surface area is 103 Å². The van der Waals surface area contributed by atoms with Crippen molar-refractivity contribution in [2.24, 2.45) is 7.05 Å². The molecule has 0 aliphatic rings. The minimum Gasteiger partial charge on any atom is -0.371 e. The number of ketones is 1. The Hall–Kier alpha value is -1.16. The summed E-state index contributed by atoms with van der Waals surface area (Å²) in [5.74, 6) is 0.139. The number of nitrogens with zero attached hydrogens (tertiary/aromatic N) is 2. The highest BCUT2D eigenvalue weighted by Crippen LogP contribution is 2.09. The van der Waals surface area contributed by atoms with E-state index in [9.17, 15) is 4.79 Å². The van der Waals surface area contributed by atoms with E-state index in [1.54, 1.807) is 4.68 Å². The first-order valence-corrected chi connectivity index (χ1v) is 6.28. The van der Waals surface area contributed by atoms with Gasteiger partial charge in [-0.25, -0.2) is 0 Å². The van der Waals surface area contributed by atoms with Crippen LogP contribution >= 0.6 is 0 Å². The highest BCUT2D eigenvalue weighted by Gasteiger charge is 2.18. The van der Waals surface area contributed by atoms with Gasteiger partial charge in [-0.05, 0) is 25.8 Å². The zero-order valence-electron chi connectivity index (χ0n) is 11.2. The number of carbonyl (C=O) groups excluding carboxylic acids is 1. The molecule has 0 bridgehead atoms. The van der Waals surface area contributed by atoms with Crippen molar-refractivity contribution in [3.8, 4) is 0 Å². The van der Waals surface area contributed by atoms with Gasteiger partial charge < -0.3 is 4.74 Å². The molecule has 0 radical (unpaired) electrons. The van der Waals surface area contributed by atoms with Gasteiger partial charge >= 0.3 is 0 Å². The zero-order valence-corrected chi connectivity index (χ0v) is 11.2. The van der Waals surface area contributed by atoms with Crippen molar-refractivity contribution in [3.05, 3.63) is 17.5 Å². The molecule has 0 amide bonds. The fourth-order valence-electron chi connectivity index (χ4n) is 1.84. The van der Waals surface area contributed by atoms with Crippen molar-refractivity contribution in [2.75, 3.05) is 6.61 Å². The van der Waals surface area contributed by atoms with Gasteiger partial charge in [0.15, 0.2) is 5.78 Å². The Kier molecular flexibility index (Phi) is 5.35. The second-order valence-electron chi connectivity index (χ2n) is 4.10. The van der Waals surface area contributed by atoms with Crippen molar-refractivity contribution >= 4 is 5.78 Å². The molecule has 4 nitrogen and oxygen atoms in total. The van der Waals surface area contributed by atoms with E-state index in [4.69, 9.17) is 4.74 Å². The van der Waals surface area contributed by atoms with Crippen LogP contribution in [0.5, 0.6) is 0 Å². The summed E-state index contributed by atoms with van der Waals surface area (Å²) in [4.78, 5) is 12.0. The van der Waals surface area contributed by atoms with Crippen molar-refractivity contribution < 1.29 is 9.53 Å². The van der Waals surface area contributed by atoms with E-state index in [1.807, 2.05) is 27.0 Å². The van der Waals surface area contributed by atoms with Crippen molar-refractivity contribution in [2.45, 2.75) is 46.1 Å². The smallest absolute Gasteiger partial charge is 0.167 e. The normalized spacial score (nSPS) is 12.7. The monoisotopic (exact) mass is 238 g/mol. The Morgan fingerprint density at radius 3 is 2.65 bits per heavy atom. The summed E-state index contributed by atoms with van der Waals surface area (Å²) in [7, 11) is 1.88. The van der Waals surface area contributed by atoms with E-state index in [1.165, 1.54) is 0 Å². The van der Waals surface area contributed by atoms with Gasteiger partial charge in [-0.3, -0.25) is 9.48 Å². The van der Waals surface area contributed by atoms with Crippen LogP contribution in [0.3, 0.4) is 0 Å². The number of aryl methyl sites for hydroxylation is 2. The van der Waals surface area contributed by atoms with Gasteiger partial charge in [-0.15, -0.1) is 0 Å². The van der Waals surface area contributed by atoms with Gasteiger partial charge in [-0.2, -0.15) is 5.10 Å². The molecule has 17 heavy (non-hydrogen) atoms. The molecule has 0 aliphatic carbocycles. The number of ether oxygens (including phenoxy) is 1. The summed E-state index contributed by atoms with van der Waals surface area (Å²) in [6.45, 7) is 6.52. The maximum Gasteiger partial charge on any atom is 0.167 e. The van der Waals surface area contributed by atoms with Gasteiger partial charge in [0, 0.05) is 19.3 Å². The molecule has 1 atom stereocenters. The average Bonchev–Trinajstić information content (AvgIpc) is 2.67. The number of hydrogen-bond donors (Lipinski definition) is 0. The lowest BCUT2D eigenvalue weighted by Crippen LogP contribution is -2.26. The maximum absolute atomic E-state index is 12.0. The maximum atomic E-state index is 12.0. The third kappa shape index (κ3) is 3.66. The summed E-state index contributed by atoms with van der Waals surface area (Å²) >= 11 is 0. The lowest BCUT2D eigenvalue weighted by atomic mass is 10.1. The van der Waals surface area contributed by atoms with E-state index in [-0.39, 0.29) is 11.9 Å². The van der Waals surface area contributed by atoms with Crippen molar-refractivity contribution in [3.63, 3.8) is 0 Å². The van der Waals surface area contributed by atoms with Crippen LogP contribution in [-0.4, -0.2) is 28.3 Å². The van der Waals surface area contributed by atoms with Crippen LogP contribution in [0.25, 0.3) is 0 Å². The van der Waals surface area contributed by atoms with Gasteiger partial charge in [-0.1, -0.05) is 13.8 Å². The Balaban J connectivity index is 2.69. The SMILES string of the molecule is CCOC(CC)C(=O)Cc1cc(CC)nn1C. The van der Waals surface area contributed by atoms with E-state index in [2.05, 4.69) is 12.0 Å². The Morgan fingerprint density at radius 1 is 1.47 bits per heavy atom. The fourth-order valence-corrected chi connectivity index (χ4v) is 1.84. The van der Waals surface area contributed by atoms with Gasteiger partial charge in [0.05, 0.1) is 12.1 Å². The van der Waals surface area contributed by atoms with Crippen molar-refractivity contribution in [1.29, 1.82) is 0 Å². The molecule has 1 heterocycles. The fraction of sp³-hybridized carbons (Fsp3) is 0.692. The van der Waals surface area contributed by atoms with Crippen LogP contribution in [0.1, 0.15) is 38.6 Å². The Morgan fingerprint density at radius 2 is 2.18 bits per heavy atom.